The van der Waals surface area contributed by atoms with Crippen molar-refractivity contribution in [3.8, 4) is 6.07 Å². The van der Waals surface area contributed by atoms with E-state index < -0.39 is 5.82 Å². The first-order chi connectivity index (χ1) is 9.13. The summed E-state index contributed by atoms with van der Waals surface area (Å²) in [5, 5.41) is 11.8. The van der Waals surface area contributed by atoms with Gasteiger partial charge < -0.3 is 10.7 Å². The zero-order chi connectivity index (χ0) is 13.8. The molecule has 0 spiro atoms. The largest absolute Gasteiger partial charge is 0.339 e. The summed E-state index contributed by atoms with van der Waals surface area (Å²) in [6.07, 6.45) is 0. The fourth-order valence-electron chi connectivity index (χ4n) is 1.59. The van der Waals surface area contributed by atoms with Gasteiger partial charge in [0.15, 0.2) is 0 Å². The topological polar surface area (TPSA) is 99.6 Å². The number of halogens is 1. The lowest BCUT2D eigenvalue weighted by Crippen LogP contribution is -2.10. The van der Waals surface area contributed by atoms with Crippen molar-refractivity contribution in [2.75, 3.05) is 10.7 Å². The molecule has 0 unspecified atom stereocenters. The van der Waals surface area contributed by atoms with E-state index in [1.165, 1.54) is 12.1 Å². The molecule has 6 nitrogen and oxygen atoms in total. The summed E-state index contributed by atoms with van der Waals surface area (Å²) >= 11 is 0. The minimum atomic E-state index is -0.588. The molecular weight excluding hydrogens is 247 g/mol. The Balaban J connectivity index is 2.39. The highest BCUT2D eigenvalue weighted by molar-refractivity contribution is 5.66. The molecule has 0 aliphatic heterocycles. The second-order valence-electron chi connectivity index (χ2n) is 3.73. The van der Waals surface area contributed by atoms with Crippen LogP contribution in [-0.2, 0) is 0 Å². The molecule has 7 heteroatoms. The summed E-state index contributed by atoms with van der Waals surface area (Å²) in [6, 6.07) is 7.69. The minimum absolute atomic E-state index is 0.0685. The van der Waals surface area contributed by atoms with Gasteiger partial charge in [-0.05, 0) is 19.1 Å². The third kappa shape index (κ3) is 2.75. The van der Waals surface area contributed by atoms with Crippen LogP contribution < -0.4 is 16.6 Å². The van der Waals surface area contributed by atoms with Gasteiger partial charge >= 0.3 is 0 Å². The van der Waals surface area contributed by atoms with E-state index in [1.807, 2.05) is 0 Å². The monoisotopic (exact) mass is 258 g/mol. The van der Waals surface area contributed by atoms with E-state index in [1.54, 1.807) is 25.1 Å². The Morgan fingerprint density at radius 3 is 2.74 bits per heavy atom. The number of rotatable bonds is 3. The summed E-state index contributed by atoms with van der Waals surface area (Å²) in [6.45, 7) is 1.70. The fraction of sp³-hybridized carbons (Fsp3) is 0.0833. The summed E-state index contributed by atoms with van der Waals surface area (Å²) in [5.74, 6) is 6.03. The van der Waals surface area contributed by atoms with Crippen molar-refractivity contribution in [1.29, 1.82) is 5.26 Å². The first-order valence-corrected chi connectivity index (χ1v) is 5.42. The average molecular weight is 258 g/mol. The van der Waals surface area contributed by atoms with Gasteiger partial charge in [0.1, 0.15) is 34.9 Å². The zero-order valence-corrected chi connectivity index (χ0v) is 10.1. The maximum Gasteiger partial charge on any atom is 0.145 e. The Hall–Kier alpha value is -2.72. The number of aromatic nitrogens is 2. The summed E-state index contributed by atoms with van der Waals surface area (Å²) in [4.78, 5) is 8.16. The summed E-state index contributed by atoms with van der Waals surface area (Å²) < 4.78 is 13.5. The van der Waals surface area contributed by atoms with Gasteiger partial charge in [0.2, 0.25) is 0 Å². The smallest absolute Gasteiger partial charge is 0.145 e. The Labute approximate surface area is 109 Å². The molecule has 1 heterocycles. The normalized spacial score (nSPS) is 9.79. The first-order valence-electron chi connectivity index (χ1n) is 5.42. The van der Waals surface area contributed by atoms with E-state index in [0.717, 1.165) is 0 Å². The molecule has 1 aromatic heterocycles. The molecule has 0 atom stereocenters. The van der Waals surface area contributed by atoms with E-state index in [0.29, 0.717) is 23.1 Å². The molecule has 19 heavy (non-hydrogen) atoms. The highest BCUT2D eigenvalue weighted by Gasteiger charge is 2.09. The van der Waals surface area contributed by atoms with Crippen molar-refractivity contribution in [3.05, 3.63) is 41.5 Å². The van der Waals surface area contributed by atoms with Crippen LogP contribution in [0.15, 0.2) is 24.3 Å². The van der Waals surface area contributed by atoms with Gasteiger partial charge in [0.25, 0.3) is 0 Å². The van der Waals surface area contributed by atoms with Crippen molar-refractivity contribution >= 4 is 17.3 Å². The van der Waals surface area contributed by atoms with E-state index in [-0.39, 0.29) is 5.56 Å². The van der Waals surface area contributed by atoms with Gasteiger partial charge in [-0.25, -0.2) is 20.2 Å². The second-order valence-corrected chi connectivity index (χ2v) is 3.73. The van der Waals surface area contributed by atoms with Crippen molar-refractivity contribution in [3.63, 3.8) is 0 Å². The zero-order valence-electron chi connectivity index (χ0n) is 10.1. The van der Waals surface area contributed by atoms with Gasteiger partial charge in [-0.15, -0.1) is 0 Å². The molecule has 0 saturated heterocycles. The van der Waals surface area contributed by atoms with E-state index in [9.17, 15) is 4.39 Å². The molecule has 0 aliphatic carbocycles. The highest BCUT2D eigenvalue weighted by atomic mass is 19.1. The molecule has 0 amide bonds. The fourth-order valence-corrected chi connectivity index (χ4v) is 1.59. The molecule has 0 radical (unpaired) electrons. The van der Waals surface area contributed by atoms with Crippen LogP contribution in [0.4, 0.5) is 21.7 Å². The number of anilines is 3. The van der Waals surface area contributed by atoms with Crippen LogP contribution in [0.2, 0.25) is 0 Å². The van der Waals surface area contributed by atoms with E-state index >= 15 is 0 Å². The van der Waals surface area contributed by atoms with Crippen LogP contribution in [0.25, 0.3) is 0 Å². The Bertz CT molecular complexity index is 649. The molecule has 0 aliphatic rings. The first kappa shape index (κ1) is 12.7. The molecule has 2 aromatic rings. The van der Waals surface area contributed by atoms with Crippen molar-refractivity contribution in [2.45, 2.75) is 6.92 Å². The van der Waals surface area contributed by atoms with Crippen LogP contribution in [0.3, 0.4) is 0 Å². The maximum absolute atomic E-state index is 13.5. The number of nitriles is 1. The van der Waals surface area contributed by atoms with Gasteiger partial charge in [-0.1, -0.05) is 6.07 Å². The Morgan fingerprint density at radius 1 is 1.32 bits per heavy atom. The number of nitrogens with two attached hydrogens (primary N) is 1. The number of hydrogen-bond donors (Lipinski definition) is 3. The number of nitrogens with zero attached hydrogens (tertiary/aromatic N) is 3. The molecule has 1 aromatic carbocycles. The number of nitrogen functional groups attached to an aromatic ring is 1. The number of aryl methyl sites for hydroxylation is 1. The number of hydrogen-bond acceptors (Lipinski definition) is 6. The molecule has 96 valence electrons. The third-order valence-electron chi connectivity index (χ3n) is 2.37. The van der Waals surface area contributed by atoms with Gasteiger partial charge in [-0.3, -0.25) is 0 Å². The molecule has 0 saturated carbocycles. The van der Waals surface area contributed by atoms with E-state index in [4.69, 9.17) is 11.1 Å². The average Bonchev–Trinajstić information content (AvgIpc) is 2.38. The van der Waals surface area contributed by atoms with Gasteiger partial charge in [0, 0.05) is 6.07 Å². The van der Waals surface area contributed by atoms with Crippen LogP contribution in [-0.4, -0.2) is 9.97 Å². The van der Waals surface area contributed by atoms with Crippen LogP contribution >= 0.6 is 0 Å². The number of hydrazine groups is 1. The van der Waals surface area contributed by atoms with Crippen LogP contribution in [0, 0.1) is 24.1 Å². The van der Waals surface area contributed by atoms with Crippen LogP contribution in [0.1, 0.15) is 11.4 Å². The lowest BCUT2D eigenvalue weighted by molar-refractivity contribution is 0.624. The molecular formula is C12H11FN6. The molecule has 2 rings (SSSR count). The van der Waals surface area contributed by atoms with E-state index in [2.05, 4.69) is 20.7 Å². The standard InChI is InChI=1S/C12H11FN6/c1-7-16-11(5-12(17-7)19-15)18-10-4-2-3-9(13)8(10)6-14/h2-5H,15H2,1H3,(H2,16,17,18,19). The lowest BCUT2D eigenvalue weighted by atomic mass is 10.2. The number of benzene rings is 1. The molecule has 0 bridgehead atoms. The summed E-state index contributed by atoms with van der Waals surface area (Å²) in [5.41, 5.74) is 2.67. The summed E-state index contributed by atoms with van der Waals surface area (Å²) in [7, 11) is 0. The van der Waals surface area contributed by atoms with Crippen molar-refractivity contribution in [2.24, 2.45) is 5.84 Å². The van der Waals surface area contributed by atoms with Crippen LogP contribution in [0.5, 0.6) is 0 Å². The predicted octanol–water partition coefficient (Wildman–Crippen LogP) is 1.82. The third-order valence-corrected chi connectivity index (χ3v) is 2.37. The molecule has 4 N–H and O–H groups in total. The predicted molar refractivity (Wildman–Crippen MR) is 69.0 cm³/mol. The lowest BCUT2D eigenvalue weighted by Gasteiger charge is -2.09. The minimum Gasteiger partial charge on any atom is -0.339 e. The Morgan fingerprint density at radius 2 is 2.05 bits per heavy atom. The maximum atomic E-state index is 13.5. The van der Waals surface area contributed by atoms with Gasteiger partial charge in [0.05, 0.1) is 5.69 Å². The second kappa shape index (κ2) is 5.29. The quantitative estimate of drug-likeness (QED) is 0.573. The number of nitrogens with one attached hydrogen (secondary N) is 2. The highest BCUT2D eigenvalue weighted by Crippen LogP contribution is 2.22. The Kier molecular flexibility index (Phi) is 3.54. The molecule has 0 fully saturated rings. The van der Waals surface area contributed by atoms with Crippen molar-refractivity contribution < 1.29 is 4.39 Å². The SMILES string of the molecule is Cc1nc(NN)cc(Nc2cccc(F)c2C#N)n1. The van der Waals surface area contributed by atoms with Crippen molar-refractivity contribution in [1.82, 2.24) is 9.97 Å². The van der Waals surface area contributed by atoms with Gasteiger partial charge in [-0.2, -0.15) is 5.26 Å².